The van der Waals surface area contributed by atoms with Crippen molar-refractivity contribution < 1.29 is 17.9 Å². The van der Waals surface area contributed by atoms with Gasteiger partial charge in [0, 0.05) is 6.54 Å². The van der Waals surface area contributed by atoms with Crippen LogP contribution in [0, 0.1) is 5.92 Å². The topological polar surface area (TPSA) is 21.3 Å². The Hall–Kier alpha value is -0.290. The quantitative estimate of drug-likeness (QED) is 0.734. The van der Waals surface area contributed by atoms with E-state index in [4.69, 9.17) is 4.74 Å². The number of nitrogens with one attached hydrogen (secondary N) is 1. The molecule has 1 rings (SSSR count). The van der Waals surface area contributed by atoms with Crippen LogP contribution in [-0.4, -0.2) is 32.0 Å². The summed E-state index contributed by atoms with van der Waals surface area (Å²) in [4.78, 5) is 0. The van der Waals surface area contributed by atoms with Gasteiger partial charge in [0.1, 0.15) is 0 Å². The molecule has 0 spiro atoms. The lowest BCUT2D eigenvalue weighted by Gasteiger charge is -2.30. The zero-order chi connectivity index (χ0) is 12.7. The van der Waals surface area contributed by atoms with E-state index in [2.05, 4.69) is 12.2 Å². The predicted octanol–water partition coefficient (Wildman–Crippen LogP) is 3.12. The molecule has 5 heteroatoms. The number of alkyl halides is 3. The number of halogens is 3. The predicted molar refractivity (Wildman–Crippen MR) is 60.9 cm³/mol. The minimum Gasteiger partial charge on any atom is -0.377 e. The maximum Gasteiger partial charge on any atom is 0.401 e. The standard InChI is InChI=1S/C12H22F3NO/c1-2-10-5-3-4-6-11(10)17-8-7-16-9-12(13,14)15/h10-11,16H,2-9H2,1H3. The van der Waals surface area contributed by atoms with Crippen molar-refractivity contribution in [1.29, 1.82) is 0 Å². The fourth-order valence-corrected chi connectivity index (χ4v) is 2.37. The smallest absolute Gasteiger partial charge is 0.377 e. The Balaban J connectivity index is 2.08. The largest absolute Gasteiger partial charge is 0.401 e. The highest BCUT2D eigenvalue weighted by atomic mass is 19.4. The first-order valence-electron chi connectivity index (χ1n) is 6.42. The van der Waals surface area contributed by atoms with Gasteiger partial charge >= 0.3 is 6.18 Å². The molecule has 0 aliphatic heterocycles. The second-order valence-electron chi connectivity index (χ2n) is 4.65. The summed E-state index contributed by atoms with van der Waals surface area (Å²) < 4.78 is 41.2. The van der Waals surface area contributed by atoms with Gasteiger partial charge in [-0.15, -0.1) is 0 Å². The molecule has 1 aliphatic carbocycles. The van der Waals surface area contributed by atoms with E-state index in [9.17, 15) is 13.2 Å². The van der Waals surface area contributed by atoms with E-state index in [-0.39, 0.29) is 12.6 Å². The molecule has 102 valence electrons. The highest BCUT2D eigenvalue weighted by Gasteiger charge is 2.26. The Kier molecular flexibility index (Phi) is 6.27. The Morgan fingerprint density at radius 1 is 1.24 bits per heavy atom. The molecule has 2 atom stereocenters. The van der Waals surface area contributed by atoms with Crippen molar-refractivity contribution in [2.45, 2.75) is 51.3 Å². The number of hydrogen-bond donors (Lipinski definition) is 1. The fraction of sp³-hybridized carbons (Fsp3) is 1.00. The zero-order valence-electron chi connectivity index (χ0n) is 10.4. The minimum atomic E-state index is -4.13. The van der Waals surface area contributed by atoms with Crippen molar-refractivity contribution in [1.82, 2.24) is 5.32 Å². The Labute approximate surface area is 101 Å². The summed E-state index contributed by atoms with van der Waals surface area (Å²) in [6, 6.07) is 0. The van der Waals surface area contributed by atoms with Crippen LogP contribution in [0.2, 0.25) is 0 Å². The van der Waals surface area contributed by atoms with Gasteiger partial charge in [0.05, 0.1) is 19.3 Å². The van der Waals surface area contributed by atoms with Gasteiger partial charge in [-0.2, -0.15) is 13.2 Å². The van der Waals surface area contributed by atoms with Gasteiger partial charge in [0.2, 0.25) is 0 Å². The summed E-state index contributed by atoms with van der Waals surface area (Å²) in [5.74, 6) is 0.589. The van der Waals surface area contributed by atoms with Crippen LogP contribution in [0.1, 0.15) is 39.0 Å². The van der Waals surface area contributed by atoms with Crippen LogP contribution in [0.25, 0.3) is 0 Å². The summed E-state index contributed by atoms with van der Waals surface area (Å²) in [5.41, 5.74) is 0. The summed E-state index contributed by atoms with van der Waals surface area (Å²) >= 11 is 0. The lowest BCUT2D eigenvalue weighted by Crippen LogP contribution is -2.34. The van der Waals surface area contributed by atoms with Crippen molar-refractivity contribution in [3.8, 4) is 0 Å². The molecule has 2 unspecified atom stereocenters. The monoisotopic (exact) mass is 253 g/mol. The fourth-order valence-electron chi connectivity index (χ4n) is 2.37. The molecule has 0 aromatic heterocycles. The van der Waals surface area contributed by atoms with Gasteiger partial charge in [0.15, 0.2) is 0 Å². The first-order chi connectivity index (χ1) is 8.03. The Bertz CT molecular complexity index is 208. The van der Waals surface area contributed by atoms with Crippen molar-refractivity contribution >= 4 is 0 Å². The first-order valence-corrected chi connectivity index (χ1v) is 6.42. The lowest BCUT2D eigenvalue weighted by atomic mass is 9.85. The average Bonchev–Trinajstić information content (AvgIpc) is 2.27. The molecule has 17 heavy (non-hydrogen) atoms. The van der Waals surface area contributed by atoms with E-state index < -0.39 is 12.7 Å². The molecule has 1 saturated carbocycles. The molecule has 0 heterocycles. The normalized spacial score (nSPS) is 26.1. The molecular weight excluding hydrogens is 231 g/mol. The molecule has 2 nitrogen and oxygen atoms in total. The maximum absolute atomic E-state index is 11.9. The Morgan fingerprint density at radius 3 is 2.59 bits per heavy atom. The van der Waals surface area contributed by atoms with E-state index in [1.165, 1.54) is 19.3 Å². The minimum absolute atomic E-state index is 0.251. The Morgan fingerprint density at radius 2 is 1.94 bits per heavy atom. The molecule has 1 N–H and O–H groups in total. The molecule has 0 saturated heterocycles. The molecule has 0 amide bonds. The molecule has 1 aliphatic rings. The number of rotatable bonds is 6. The third-order valence-electron chi connectivity index (χ3n) is 3.30. The molecule has 0 aromatic carbocycles. The van der Waals surface area contributed by atoms with Crippen molar-refractivity contribution in [3.05, 3.63) is 0 Å². The summed E-state index contributed by atoms with van der Waals surface area (Å²) in [5, 5.41) is 2.35. The number of hydrogen-bond acceptors (Lipinski definition) is 2. The van der Waals surface area contributed by atoms with Crippen LogP contribution in [0.4, 0.5) is 13.2 Å². The maximum atomic E-state index is 11.9. The zero-order valence-corrected chi connectivity index (χ0v) is 10.4. The van der Waals surface area contributed by atoms with Crippen LogP contribution < -0.4 is 5.32 Å². The van der Waals surface area contributed by atoms with E-state index in [1.54, 1.807) is 0 Å². The van der Waals surface area contributed by atoms with Crippen LogP contribution in [0.15, 0.2) is 0 Å². The van der Waals surface area contributed by atoms with Gasteiger partial charge in [-0.05, 0) is 18.8 Å². The molecule has 1 fully saturated rings. The van der Waals surface area contributed by atoms with Gasteiger partial charge in [-0.25, -0.2) is 0 Å². The van der Waals surface area contributed by atoms with Crippen molar-refractivity contribution in [2.75, 3.05) is 19.7 Å². The molecule has 0 aromatic rings. The van der Waals surface area contributed by atoms with Crippen molar-refractivity contribution in [2.24, 2.45) is 5.92 Å². The van der Waals surface area contributed by atoms with E-state index in [1.807, 2.05) is 0 Å². The van der Waals surface area contributed by atoms with Crippen LogP contribution in [-0.2, 0) is 4.74 Å². The van der Waals surface area contributed by atoms with Gasteiger partial charge in [-0.1, -0.05) is 26.2 Å². The van der Waals surface area contributed by atoms with Crippen LogP contribution in [0.3, 0.4) is 0 Å². The van der Waals surface area contributed by atoms with Crippen LogP contribution >= 0.6 is 0 Å². The molecule has 0 radical (unpaired) electrons. The van der Waals surface area contributed by atoms with Gasteiger partial charge in [-0.3, -0.25) is 0 Å². The number of ether oxygens (including phenoxy) is 1. The molecular formula is C12H22F3NO. The van der Waals surface area contributed by atoms with E-state index >= 15 is 0 Å². The van der Waals surface area contributed by atoms with Crippen molar-refractivity contribution in [3.63, 3.8) is 0 Å². The van der Waals surface area contributed by atoms with E-state index in [0.717, 1.165) is 12.8 Å². The highest BCUT2D eigenvalue weighted by Crippen LogP contribution is 2.28. The SMILES string of the molecule is CCC1CCCCC1OCCNCC(F)(F)F. The summed E-state index contributed by atoms with van der Waals surface area (Å²) in [6.07, 6.45) is 1.90. The third-order valence-corrected chi connectivity index (χ3v) is 3.30. The van der Waals surface area contributed by atoms with Gasteiger partial charge in [0.25, 0.3) is 0 Å². The highest BCUT2D eigenvalue weighted by molar-refractivity contribution is 4.75. The van der Waals surface area contributed by atoms with Gasteiger partial charge < -0.3 is 10.1 Å². The third kappa shape index (κ3) is 6.27. The second-order valence-corrected chi connectivity index (χ2v) is 4.65. The lowest BCUT2D eigenvalue weighted by molar-refractivity contribution is -0.125. The average molecular weight is 253 g/mol. The molecule has 0 bridgehead atoms. The van der Waals surface area contributed by atoms with Crippen LogP contribution in [0.5, 0.6) is 0 Å². The summed E-state index contributed by atoms with van der Waals surface area (Å²) in [6.45, 7) is 1.86. The van der Waals surface area contributed by atoms with E-state index in [0.29, 0.717) is 12.5 Å². The first kappa shape index (κ1) is 14.8. The second kappa shape index (κ2) is 7.21. The summed E-state index contributed by atoms with van der Waals surface area (Å²) in [7, 11) is 0.